The Balaban J connectivity index is 1.82. The van der Waals surface area contributed by atoms with E-state index in [4.69, 9.17) is 10.2 Å². The maximum Gasteiger partial charge on any atom is 0.389 e. The lowest BCUT2D eigenvalue weighted by Crippen LogP contribution is -2.39. The molecule has 0 bridgehead atoms. The second kappa shape index (κ2) is 5.77. The van der Waals surface area contributed by atoms with E-state index in [9.17, 15) is 13.2 Å². The molecule has 0 atom stereocenters. The quantitative estimate of drug-likeness (QED) is 0.910. The zero-order valence-electron chi connectivity index (χ0n) is 10.5. The van der Waals surface area contributed by atoms with Crippen LogP contribution in [0.25, 0.3) is 0 Å². The molecule has 1 aliphatic heterocycles. The molecule has 1 aromatic rings. The number of hydrogen-bond donors (Lipinski definition) is 1. The molecule has 0 unspecified atom stereocenters. The van der Waals surface area contributed by atoms with Gasteiger partial charge in [-0.2, -0.15) is 13.2 Å². The van der Waals surface area contributed by atoms with Crippen LogP contribution >= 0.6 is 0 Å². The van der Waals surface area contributed by atoms with Crippen molar-refractivity contribution in [2.24, 2.45) is 5.73 Å². The lowest BCUT2D eigenvalue weighted by molar-refractivity contribution is -0.135. The van der Waals surface area contributed by atoms with Crippen LogP contribution in [0.15, 0.2) is 4.42 Å². The van der Waals surface area contributed by atoms with Crippen LogP contribution in [0.5, 0.6) is 0 Å². The summed E-state index contributed by atoms with van der Waals surface area (Å²) in [4.78, 5) is 1.92. The molecule has 1 aliphatic rings. The molecule has 1 aromatic heterocycles. The molecule has 5 nitrogen and oxygen atoms in total. The molecular formula is C11H17F3N4O. The molecule has 8 heteroatoms. The number of aromatic nitrogens is 2. The number of piperidine rings is 1. The molecule has 0 radical (unpaired) electrons. The predicted octanol–water partition coefficient (Wildman–Crippen LogP) is 1.88. The van der Waals surface area contributed by atoms with Gasteiger partial charge in [-0.25, -0.2) is 0 Å². The van der Waals surface area contributed by atoms with Crippen molar-refractivity contribution in [3.05, 3.63) is 5.89 Å². The molecular weight excluding hydrogens is 261 g/mol. The average Bonchev–Trinajstić information content (AvgIpc) is 2.77. The Kier molecular flexibility index (Phi) is 4.28. The predicted molar refractivity (Wildman–Crippen MR) is 62.7 cm³/mol. The highest BCUT2D eigenvalue weighted by molar-refractivity contribution is 5.25. The normalized spacial score (nSPS) is 18.0. The third kappa shape index (κ3) is 4.38. The Bertz CT molecular complexity index is 399. The number of alkyl halides is 3. The zero-order valence-corrected chi connectivity index (χ0v) is 10.5. The number of anilines is 1. The first-order valence-electron chi connectivity index (χ1n) is 6.34. The van der Waals surface area contributed by atoms with Crippen molar-refractivity contribution in [3.63, 3.8) is 0 Å². The van der Waals surface area contributed by atoms with Crippen LogP contribution < -0.4 is 10.6 Å². The van der Waals surface area contributed by atoms with E-state index in [1.807, 2.05) is 4.90 Å². The van der Waals surface area contributed by atoms with Crippen LogP contribution in [0, 0.1) is 0 Å². The summed E-state index contributed by atoms with van der Waals surface area (Å²) in [7, 11) is 0. The molecule has 2 N–H and O–H groups in total. The van der Waals surface area contributed by atoms with Crippen LogP contribution in [0.3, 0.4) is 0 Å². The SMILES string of the molecule is NC1CCN(c2nnc(CCCC(F)(F)F)o2)CC1. The van der Waals surface area contributed by atoms with Gasteiger partial charge in [-0.1, -0.05) is 5.10 Å². The van der Waals surface area contributed by atoms with Gasteiger partial charge in [0.1, 0.15) is 0 Å². The first kappa shape index (κ1) is 14.1. The highest BCUT2D eigenvalue weighted by atomic mass is 19.4. The summed E-state index contributed by atoms with van der Waals surface area (Å²) >= 11 is 0. The van der Waals surface area contributed by atoms with E-state index >= 15 is 0 Å². The van der Waals surface area contributed by atoms with Crippen molar-refractivity contribution in [2.75, 3.05) is 18.0 Å². The lowest BCUT2D eigenvalue weighted by atomic mass is 10.1. The summed E-state index contributed by atoms with van der Waals surface area (Å²) in [5.74, 6) is 0.258. The van der Waals surface area contributed by atoms with Gasteiger partial charge in [0.25, 0.3) is 0 Å². The standard InChI is InChI=1S/C11H17F3N4O/c12-11(13,14)5-1-2-9-16-17-10(19-9)18-6-3-8(15)4-7-18/h8H,1-7,15H2. The Morgan fingerprint density at radius 3 is 2.58 bits per heavy atom. The first-order chi connectivity index (χ1) is 8.94. The topological polar surface area (TPSA) is 68.2 Å². The third-order valence-corrected chi connectivity index (χ3v) is 3.12. The average molecular weight is 278 g/mol. The summed E-state index contributed by atoms with van der Waals surface area (Å²) in [6.45, 7) is 1.48. The summed E-state index contributed by atoms with van der Waals surface area (Å²) in [6, 6.07) is 0.583. The first-order valence-corrected chi connectivity index (χ1v) is 6.34. The van der Waals surface area contributed by atoms with E-state index in [1.54, 1.807) is 0 Å². The molecule has 0 aliphatic carbocycles. The van der Waals surface area contributed by atoms with Gasteiger partial charge in [0.2, 0.25) is 5.89 Å². The Labute approximate surface area is 109 Å². The van der Waals surface area contributed by atoms with E-state index in [0.717, 1.165) is 25.9 Å². The molecule has 19 heavy (non-hydrogen) atoms. The van der Waals surface area contributed by atoms with Crippen LogP contribution in [0.4, 0.5) is 19.2 Å². The molecule has 0 aromatic carbocycles. The van der Waals surface area contributed by atoms with E-state index in [-0.39, 0.29) is 24.8 Å². The summed E-state index contributed by atoms with van der Waals surface area (Å²) in [5, 5.41) is 7.64. The van der Waals surface area contributed by atoms with E-state index < -0.39 is 12.6 Å². The molecule has 0 spiro atoms. The second-order valence-corrected chi connectivity index (χ2v) is 4.77. The fourth-order valence-electron chi connectivity index (χ4n) is 2.00. The molecule has 0 saturated carbocycles. The maximum atomic E-state index is 12.0. The number of hydrogen-bond acceptors (Lipinski definition) is 5. The fourth-order valence-corrected chi connectivity index (χ4v) is 2.00. The van der Waals surface area contributed by atoms with Crippen LogP contribution in [-0.2, 0) is 6.42 Å². The highest BCUT2D eigenvalue weighted by Crippen LogP contribution is 2.23. The van der Waals surface area contributed by atoms with Crippen LogP contribution in [0.1, 0.15) is 31.6 Å². The van der Waals surface area contributed by atoms with Gasteiger partial charge < -0.3 is 15.1 Å². The Morgan fingerprint density at radius 2 is 1.95 bits per heavy atom. The minimum atomic E-state index is -4.13. The smallest absolute Gasteiger partial charge is 0.389 e. The van der Waals surface area contributed by atoms with Gasteiger partial charge in [0.05, 0.1) is 0 Å². The Morgan fingerprint density at radius 1 is 1.26 bits per heavy atom. The van der Waals surface area contributed by atoms with Crippen molar-refractivity contribution < 1.29 is 17.6 Å². The molecule has 2 rings (SSSR count). The van der Waals surface area contributed by atoms with Gasteiger partial charge in [0.15, 0.2) is 0 Å². The molecule has 108 valence electrons. The van der Waals surface area contributed by atoms with Crippen molar-refractivity contribution >= 4 is 6.01 Å². The van der Waals surface area contributed by atoms with E-state index in [0.29, 0.717) is 6.01 Å². The minimum absolute atomic E-state index is 0.0317. The Hall–Kier alpha value is -1.31. The maximum absolute atomic E-state index is 12.0. The van der Waals surface area contributed by atoms with Crippen molar-refractivity contribution in [1.29, 1.82) is 0 Å². The van der Waals surface area contributed by atoms with Crippen molar-refractivity contribution in [3.8, 4) is 0 Å². The van der Waals surface area contributed by atoms with E-state index in [1.165, 1.54) is 0 Å². The lowest BCUT2D eigenvalue weighted by Gasteiger charge is -2.28. The van der Waals surface area contributed by atoms with Crippen molar-refractivity contribution in [1.82, 2.24) is 10.2 Å². The van der Waals surface area contributed by atoms with Crippen molar-refractivity contribution in [2.45, 2.75) is 44.3 Å². The fraction of sp³-hybridized carbons (Fsp3) is 0.818. The van der Waals surface area contributed by atoms with E-state index in [2.05, 4.69) is 10.2 Å². The zero-order chi connectivity index (χ0) is 13.9. The van der Waals surface area contributed by atoms with Gasteiger partial charge in [-0.05, 0) is 19.3 Å². The van der Waals surface area contributed by atoms with Gasteiger partial charge in [-0.15, -0.1) is 5.10 Å². The number of rotatable bonds is 4. The number of nitrogens with two attached hydrogens (primary N) is 1. The molecule has 2 heterocycles. The summed E-state index contributed by atoms with van der Waals surface area (Å²) in [5.41, 5.74) is 5.79. The van der Waals surface area contributed by atoms with Gasteiger partial charge >= 0.3 is 12.2 Å². The molecule has 1 fully saturated rings. The summed E-state index contributed by atoms with van der Waals surface area (Å²) < 4.78 is 41.4. The van der Waals surface area contributed by atoms with Crippen LogP contribution in [0.2, 0.25) is 0 Å². The highest BCUT2D eigenvalue weighted by Gasteiger charge is 2.27. The second-order valence-electron chi connectivity index (χ2n) is 4.77. The van der Waals surface area contributed by atoms with Crippen LogP contribution in [-0.4, -0.2) is 35.5 Å². The number of halogens is 3. The number of nitrogens with zero attached hydrogens (tertiary/aromatic N) is 3. The largest absolute Gasteiger partial charge is 0.408 e. The summed E-state index contributed by atoms with van der Waals surface area (Å²) in [6.07, 6.45) is -3.14. The molecule has 0 amide bonds. The third-order valence-electron chi connectivity index (χ3n) is 3.12. The van der Waals surface area contributed by atoms with Gasteiger partial charge in [0, 0.05) is 32.0 Å². The minimum Gasteiger partial charge on any atom is -0.408 e. The number of aryl methyl sites for hydroxylation is 1. The monoisotopic (exact) mass is 278 g/mol. The molecule has 1 saturated heterocycles. The van der Waals surface area contributed by atoms with Gasteiger partial charge in [-0.3, -0.25) is 0 Å².